The Morgan fingerprint density at radius 3 is 2.23 bits per heavy atom. The number of piperazine rings is 1. The van der Waals surface area contributed by atoms with Crippen molar-refractivity contribution >= 4 is 33.2 Å². The minimum Gasteiger partial charge on any atom is -0.367 e. The van der Waals surface area contributed by atoms with E-state index in [1.807, 2.05) is 43.3 Å². The van der Waals surface area contributed by atoms with Crippen molar-refractivity contribution in [3.63, 3.8) is 0 Å². The summed E-state index contributed by atoms with van der Waals surface area (Å²) in [4.78, 5) is 16.8. The van der Waals surface area contributed by atoms with E-state index < -0.39 is 10.0 Å². The highest BCUT2D eigenvalue weighted by Gasteiger charge is 2.24. The van der Waals surface area contributed by atoms with Crippen LogP contribution in [0.15, 0.2) is 41.3 Å². The number of hydrogen-bond acceptors (Lipinski definition) is 4. The maximum atomic E-state index is 12.7. The number of carbonyl (C=O) groups is 1. The fourth-order valence-corrected chi connectivity index (χ4v) is 5.75. The maximum Gasteiger partial charge on any atom is 0.241 e. The van der Waals surface area contributed by atoms with E-state index in [1.54, 1.807) is 18.7 Å². The summed E-state index contributed by atoms with van der Waals surface area (Å²) in [6.07, 6.45) is 0.134. The summed E-state index contributed by atoms with van der Waals surface area (Å²) in [6, 6.07) is 11.4. The first-order valence-electron chi connectivity index (χ1n) is 10.0. The van der Waals surface area contributed by atoms with E-state index in [-0.39, 0.29) is 18.9 Å². The fraction of sp³-hybridized carbons (Fsp3) is 0.409. The molecule has 8 heteroatoms. The fourth-order valence-electron chi connectivity index (χ4n) is 4.02. The molecular formula is C22H28ClN3O3S. The molecule has 2 aromatic rings. The quantitative estimate of drug-likeness (QED) is 0.734. The minimum atomic E-state index is -3.66. The third-order valence-electron chi connectivity index (χ3n) is 5.33. The number of para-hydroxylation sites is 1. The summed E-state index contributed by atoms with van der Waals surface area (Å²) in [6.45, 7) is 8.18. The molecule has 1 heterocycles. The second-order valence-electron chi connectivity index (χ2n) is 7.69. The molecule has 0 bridgehead atoms. The Bertz CT molecular complexity index is 1010. The van der Waals surface area contributed by atoms with Crippen LogP contribution in [0.2, 0.25) is 5.02 Å². The van der Waals surface area contributed by atoms with Crippen LogP contribution in [0.25, 0.3) is 0 Å². The molecule has 0 aromatic heterocycles. The largest absolute Gasteiger partial charge is 0.367 e. The van der Waals surface area contributed by atoms with Crippen molar-refractivity contribution in [1.29, 1.82) is 0 Å². The topological polar surface area (TPSA) is 69.7 Å². The van der Waals surface area contributed by atoms with Crippen molar-refractivity contribution in [3.8, 4) is 0 Å². The first-order valence-corrected chi connectivity index (χ1v) is 11.9. The van der Waals surface area contributed by atoms with E-state index in [0.717, 1.165) is 11.3 Å². The standard InChI is InChI=1S/C22H28ClN3O3S/c1-16-14-17(2)22(18(3)15-16)30(28,29)24-9-8-21(27)26-12-10-25(11-13-26)20-7-5-4-6-19(20)23/h4-7,14-15,24H,8-13H2,1-3H3. The lowest BCUT2D eigenvalue weighted by Crippen LogP contribution is -2.49. The van der Waals surface area contributed by atoms with Gasteiger partial charge in [0.15, 0.2) is 0 Å². The Hall–Kier alpha value is -2.09. The van der Waals surface area contributed by atoms with Gasteiger partial charge in [-0.25, -0.2) is 13.1 Å². The van der Waals surface area contributed by atoms with Crippen molar-refractivity contribution in [1.82, 2.24) is 9.62 Å². The van der Waals surface area contributed by atoms with Crippen molar-refractivity contribution < 1.29 is 13.2 Å². The van der Waals surface area contributed by atoms with Gasteiger partial charge in [-0.2, -0.15) is 0 Å². The molecule has 1 aliphatic heterocycles. The van der Waals surface area contributed by atoms with E-state index in [0.29, 0.717) is 47.2 Å². The van der Waals surface area contributed by atoms with Crippen LogP contribution in [0.4, 0.5) is 5.69 Å². The first-order chi connectivity index (χ1) is 14.2. The van der Waals surface area contributed by atoms with Gasteiger partial charge in [0.1, 0.15) is 0 Å². The van der Waals surface area contributed by atoms with Crippen LogP contribution in [0, 0.1) is 20.8 Å². The van der Waals surface area contributed by atoms with Crippen molar-refractivity contribution in [3.05, 3.63) is 58.1 Å². The third kappa shape index (κ3) is 5.14. The van der Waals surface area contributed by atoms with Gasteiger partial charge in [-0.3, -0.25) is 4.79 Å². The smallest absolute Gasteiger partial charge is 0.241 e. The number of amides is 1. The molecule has 6 nitrogen and oxygen atoms in total. The lowest BCUT2D eigenvalue weighted by Gasteiger charge is -2.36. The van der Waals surface area contributed by atoms with Crippen LogP contribution in [-0.2, 0) is 14.8 Å². The average molecular weight is 450 g/mol. The second-order valence-corrected chi connectivity index (χ2v) is 9.81. The summed E-state index contributed by atoms with van der Waals surface area (Å²) >= 11 is 6.26. The van der Waals surface area contributed by atoms with Gasteiger partial charge in [0.05, 0.1) is 15.6 Å². The molecular weight excluding hydrogens is 422 g/mol. The summed E-state index contributed by atoms with van der Waals surface area (Å²) in [5, 5.41) is 0.702. The Morgan fingerprint density at radius 2 is 1.63 bits per heavy atom. The maximum absolute atomic E-state index is 12.7. The molecule has 162 valence electrons. The number of benzene rings is 2. The monoisotopic (exact) mass is 449 g/mol. The van der Waals surface area contributed by atoms with Gasteiger partial charge in [-0.1, -0.05) is 41.4 Å². The van der Waals surface area contributed by atoms with Gasteiger partial charge in [-0.05, 0) is 44.0 Å². The molecule has 30 heavy (non-hydrogen) atoms. The van der Waals surface area contributed by atoms with Crippen molar-refractivity contribution in [2.24, 2.45) is 0 Å². The van der Waals surface area contributed by atoms with Gasteiger partial charge in [0.25, 0.3) is 0 Å². The summed E-state index contributed by atoms with van der Waals surface area (Å²) in [5.41, 5.74) is 3.42. The van der Waals surface area contributed by atoms with Gasteiger partial charge in [-0.15, -0.1) is 0 Å². The van der Waals surface area contributed by atoms with Gasteiger partial charge in [0, 0.05) is 39.1 Å². The molecule has 0 atom stereocenters. The number of nitrogens with zero attached hydrogens (tertiary/aromatic N) is 2. The number of carbonyl (C=O) groups excluding carboxylic acids is 1. The SMILES string of the molecule is Cc1cc(C)c(S(=O)(=O)NCCC(=O)N2CCN(c3ccccc3Cl)CC2)c(C)c1. The molecule has 1 saturated heterocycles. The zero-order valence-electron chi connectivity index (χ0n) is 17.6. The minimum absolute atomic E-state index is 0.0474. The highest BCUT2D eigenvalue weighted by atomic mass is 35.5. The Balaban J connectivity index is 1.53. The molecule has 3 rings (SSSR count). The predicted octanol–water partition coefficient (Wildman–Crippen LogP) is 3.28. The van der Waals surface area contributed by atoms with Crippen LogP contribution in [0.3, 0.4) is 0 Å². The molecule has 2 aromatic carbocycles. The van der Waals surface area contributed by atoms with Crippen LogP contribution in [0.1, 0.15) is 23.1 Å². The lowest BCUT2D eigenvalue weighted by atomic mass is 10.1. The van der Waals surface area contributed by atoms with E-state index in [1.165, 1.54) is 0 Å². The predicted molar refractivity (Wildman–Crippen MR) is 121 cm³/mol. The number of nitrogens with one attached hydrogen (secondary N) is 1. The molecule has 1 aliphatic rings. The number of halogens is 1. The molecule has 1 N–H and O–H groups in total. The van der Waals surface area contributed by atoms with Crippen molar-refractivity contribution in [2.75, 3.05) is 37.6 Å². The van der Waals surface area contributed by atoms with E-state index in [9.17, 15) is 13.2 Å². The number of aryl methyl sites for hydroxylation is 3. The molecule has 0 radical (unpaired) electrons. The molecule has 0 saturated carbocycles. The molecule has 0 spiro atoms. The molecule has 1 amide bonds. The van der Waals surface area contributed by atoms with Crippen LogP contribution in [0.5, 0.6) is 0 Å². The number of rotatable bonds is 6. The van der Waals surface area contributed by atoms with Crippen LogP contribution >= 0.6 is 11.6 Å². The van der Waals surface area contributed by atoms with E-state index >= 15 is 0 Å². The Labute approximate surface area is 183 Å². The summed E-state index contributed by atoms with van der Waals surface area (Å²) in [5.74, 6) is -0.0474. The second kappa shape index (κ2) is 9.37. The normalized spacial score (nSPS) is 14.8. The molecule has 1 fully saturated rings. The van der Waals surface area contributed by atoms with Gasteiger partial charge >= 0.3 is 0 Å². The third-order valence-corrected chi connectivity index (χ3v) is 7.42. The highest BCUT2D eigenvalue weighted by molar-refractivity contribution is 7.89. The van der Waals surface area contributed by atoms with Crippen molar-refractivity contribution in [2.45, 2.75) is 32.1 Å². The van der Waals surface area contributed by atoms with Gasteiger partial charge < -0.3 is 9.80 Å². The summed E-state index contributed by atoms with van der Waals surface area (Å²) < 4.78 is 28.0. The molecule has 0 unspecified atom stereocenters. The average Bonchev–Trinajstić information content (AvgIpc) is 2.67. The lowest BCUT2D eigenvalue weighted by molar-refractivity contribution is -0.131. The van der Waals surface area contributed by atoms with Gasteiger partial charge in [0.2, 0.25) is 15.9 Å². The first kappa shape index (κ1) is 22.6. The molecule has 0 aliphatic carbocycles. The van der Waals surface area contributed by atoms with Crippen LogP contribution in [-0.4, -0.2) is 51.9 Å². The summed E-state index contributed by atoms with van der Waals surface area (Å²) in [7, 11) is -3.66. The zero-order valence-corrected chi connectivity index (χ0v) is 19.2. The Kier molecular flexibility index (Phi) is 7.06. The zero-order chi connectivity index (χ0) is 21.9. The van der Waals surface area contributed by atoms with Crippen LogP contribution < -0.4 is 9.62 Å². The van der Waals surface area contributed by atoms with E-state index in [2.05, 4.69) is 9.62 Å². The van der Waals surface area contributed by atoms with E-state index in [4.69, 9.17) is 11.6 Å². The Morgan fingerprint density at radius 1 is 1.03 bits per heavy atom. The highest BCUT2D eigenvalue weighted by Crippen LogP contribution is 2.26. The number of anilines is 1. The number of sulfonamides is 1. The number of hydrogen-bond donors (Lipinski definition) is 1.